The van der Waals surface area contributed by atoms with Crippen LogP contribution >= 0.6 is 0 Å². The van der Waals surface area contributed by atoms with Gasteiger partial charge in [0.25, 0.3) is 0 Å². The number of carbonyl (C=O) groups is 1. The first-order valence-electron chi connectivity index (χ1n) is 13.0. The minimum absolute atomic E-state index is 0.0321. The van der Waals surface area contributed by atoms with Crippen LogP contribution in [0.5, 0.6) is 11.5 Å². The van der Waals surface area contributed by atoms with E-state index in [0.29, 0.717) is 53.5 Å². The lowest BCUT2D eigenvalue weighted by Crippen LogP contribution is -2.43. The van der Waals surface area contributed by atoms with Crippen LogP contribution in [-0.2, 0) is 4.79 Å². The number of amides is 1. The van der Waals surface area contributed by atoms with Crippen molar-refractivity contribution in [2.45, 2.75) is 39.2 Å². The summed E-state index contributed by atoms with van der Waals surface area (Å²) >= 11 is 0. The predicted molar refractivity (Wildman–Crippen MR) is 150 cm³/mol. The molecule has 3 heterocycles. The summed E-state index contributed by atoms with van der Waals surface area (Å²) in [7, 11) is 0. The summed E-state index contributed by atoms with van der Waals surface area (Å²) in [5, 5.41) is 0. The summed E-state index contributed by atoms with van der Waals surface area (Å²) in [6.45, 7) is 9.28. The molecule has 1 fully saturated rings. The zero-order valence-corrected chi connectivity index (χ0v) is 21.8. The SMILES string of the molecule is C=C(CC(C)C)C(=O)N1CCC[C@@H](n2c(=O)n(-c3ccc(Oc4ccccc4)cc3)c3c(N)nccc32)C1. The van der Waals surface area contributed by atoms with Crippen LogP contribution in [0.25, 0.3) is 16.7 Å². The average molecular weight is 512 g/mol. The molecule has 1 aliphatic heterocycles. The highest BCUT2D eigenvalue weighted by atomic mass is 16.5. The lowest BCUT2D eigenvalue weighted by Gasteiger charge is -2.34. The number of likely N-dealkylation sites (tertiary alicyclic amines) is 1. The molecule has 8 nitrogen and oxygen atoms in total. The molecule has 0 radical (unpaired) electrons. The van der Waals surface area contributed by atoms with E-state index in [1.54, 1.807) is 15.3 Å². The summed E-state index contributed by atoms with van der Waals surface area (Å²) in [5.74, 6) is 1.99. The smallest absolute Gasteiger partial charge is 0.334 e. The number of benzene rings is 2. The van der Waals surface area contributed by atoms with Crippen LogP contribution in [0.3, 0.4) is 0 Å². The molecule has 1 amide bonds. The third kappa shape index (κ3) is 4.94. The van der Waals surface area contributed by atoms with Gasteiger partial charge in [0.1, 0.15) is 22.8 Å². The third-order valence-corrected chi connectivity index (χ3v) is 6.89. The minimum Gasteiger partial charge on any atom is -0.457 e. The van der Waals surface area contributed by atoms with Crippen molar-refractivity contribution < 1.29 is 9.53 Å². The summed E-state index contributed by atoms with van der Waals surface area (Å²) in [6, 6.07) is 18.5. The third-order valence-electron chi connectivity index (χ3n) is 6.89. The molecule has 0 aliphatic carbocycles. The van der Waals surface area contributed by atoms with Crippen LogP contribution in [0.15, 0.2) is 83.8 Å². The van der Waals surface area contributed by atoms with E-state index in [0.717, 1.165) is 18.6 Å². The molecule has 0 spiro atoms. The summed E-state index contributed by atoms with van der Waals surface area (Å²) < 4.78 is 9.28. The van der Waals surface area contributed by atoms with Gasteiger partial charge in [0.2, 0.25) is 5.91 Å². The molecule has 38 heavy (non-hydrogen) atoms. The van der Waals surface area contributed by atoms with Crippen molar-refractivity contribution in [1.29, 1.82) is 0 Å². The van der Waals surface area contributed by atoms with E-state index in [1.807, 2.05) is 65.6 Å². The molecular weight excluding hydrogens is 478 g/mol. The van der Waals surface area contributed by atoms with E-state index in [9.17, 15) is 9.59 Å². The summed E-state index contributed by atoms with van der Waals surface area (Å²) in [5.41, 5.74) is 8.63. The molecule has 196 valence electrons. The lowest BCUT2D eigenvalue weighted by molar-refractivity contribution is -0.129. The molecule has 5 rings (SSSR count). The van der Waals surface area contributed by atoms with Crippen LogP contribution in [-0.4, -0.2) is 38.0 Å². The van der Waals surface area contributed by atoms with E-state index in [-0.39, 0.29) is 23.5 Å². The van der Waals surface area contributed by atoms with Crippen molar-refractivity contribution in [2.75, 3.05) is 18.8 Å². The number of ether oxygens (including phenoxy) is 1. The fraction of sp³-hybridized carbons (Fsp3) is 0.300. The molecule has 0 unspecified atom stereocenters. The first-order valence-corrected chi connectivity index (χ1v) is 13.0. The highest BCUT2D eigenvalue weighted by Crippen LogP contribution is 2.30. The fourth-order valence-electron chi connectivity index (χ4n) is 5.22. The lowest BCUT2D eigenvalue weighted by atomic mass is 10.0. The van der Waals surface area contributed by atoms with Gasteiger partial charge in [0.05, 0.1) is 17.2 Å². The van der Waals surface area contributed by atoms with E-state index in [2.05, 4.69) is 25.4 Å². The molecule has 2 aromatic heterocycles. The quantitative estimate of drug-likeness (QED) is 0.339. The number of hydrogen-bond acceptors (Lipinski definition) is 5. The van der Waals surface area contributed by atoms with Gasteiger partial charge in [0.15, 0.2) is 0 Å². The number of fused-ring (bicyclic) bond motifs is 1. The van der Waals surface area contributed by atoms with Gasteiger partial charge in [0, 0.05) is 24.9 Å². The zero-order valence-electron chi connectivity index (χ0n) is 21.8. The largest absolute Gasteiger partial charge is 0.457 e. The minimum atomic E-state index is -0.211. The molecule has 0 bridgehead atoms. The Morgan fingerprint density at radius 1 is 1.11 bits per heavy atom. The molecule has 2 aromatic carbocycles. The van der Waals surface area contributed by atoms with Gasteiger partial charge >= 0.3 is 5.69 Å². The molecule has 0 saturated carbocycles. The summed E-state index contributed by atoms with van der Waals surface area (Å²) in [6.07, 6.45) is 3.86. The van der Waals surface area contributed by atoms with Crippen LogP contribution < -0.4 is 16.2 Å². The second-order valence-corrected chi connectivity index (χ2v) is 10.2. The van der Waals surface area contributed by atoms with Gasteiger partial charge in [-0.1, -0.05) is 38.6 Å². The Balaban J connectivity index is 1.49. The number of carbonyl (C=O) groups excluding carboxylic acids is 1. The first-order chi connectivity index (χ1) is 18.3. The maximum Gasteiger partial charge on any atom is 0.334 e. The number of hydrogen-bond donors (Lipinski definition) is 1. The second kappa shape index (κ2) is 10.6. The summed E-state index contributed by atoms with van der Waals surface area (Å²) in [4.78, 5) is 33.1. The van der Waals surface area contributed by atoms with Crippen molar-refractivity contribution in [3.8, 4) is 17.2 Å². The van der Waals surface area contributed by atoms with E-state index in [4.69, 9.17) is 10.5 Å². The molecular formula is C30H33N5O3. The first kappa shape index (κ1) is 25.3. The second-order valence-electron chi connectivity index (χ2n) is 10.2. The Morgan fingerprint density at radius 2 is 1.82 bits per heavy atom. The Kier molecular flexibility index (Phi) is 7.05. The normalized spacial score (nSPS) is 15.7. The molecule has 2 N–H and O–H groups in total. The Morgan fingerprint density at radius 3 is 2.53 bits per heavy atom. The van der Waals surface area contributed by atoms with Crippen LogP contribution in [0, 0.1) is 5.92 Å². The van der Waals surface area contributed by atoms with Gasteiger partial charge < -0.3 is 15.4 Å². The standard InChI is InChI=1S/C30H33N5O3/c1-20(2)18-21(3)29(36)33-17-7-8-23(19-33)34-26-15-16-32-28(31)27(26)35(30(34)37)22-11-13-25(14-12-22)38-24-9-5-4-6-10-24/h4-6,9-16,20,23H,3,7-8,17-19H2,1-2H3,(H2,31,32)/t23-/m1/s1. The van der Waals surface area contributed by atoms with Crippen molar-refractivity contribution >= 4 is 22.8 Å². The van der Waals surface area contributed by atoms with Crippen molar-refractivity contribution in [3.05, 3.63) is 89.5 Å². The van der Waals surface area contributed by atoms with Crippen molar-refractivity contribution in [1.82, 2.24) is 19.0 Å². The van der Waals surface area contributed by atoms with Crippen LogP contribution in [0.1, 0.15) is 39.2 Å². The fourth-order valence-corrected chi connectivity index (χ4v) is 5.22. The van der Waals surface area contributed by atoms with Gasteiger partial charge in [-0.2, -0.15) is 0 Å². The maximum absolute atomic E-state index is 14.0. The number of nitrogens with two attached hydrogens (primary N) is 1. The predicted octanol–water partition coefficient (Wildman–Crippen LogP) is 5.33. The number of imidazole rings is 1. The van der Waals surface area contributed by atoms with Gasteiger partial charge in [-0.15, -0.1) is 0 Å². The number of nitrogens with zero attached hydrogens (tertiary/aromatic N) is 4. The molecule has 4 aromatic rings. The highest BCUT2D eigenvalue weighted by molar-refractivity contribution is 5.93. The van der Waals surface area contributed by atoms with E-state index < -0.39 is 0 Å². The monoisotopic (exact) mass is 511 g/mol. The molecule has 1 saturated heterocycles. The van der Waals surface area contributed by atoms with Crippen LogP contribution in [0.4, 0.5) is 5.82 Å². The van der Waals surface area contributed by atoms with Gasteiger partial charge in [-0.05, 0) is 67.6 Å². The molecule has 1 atom stereocenters. The van der Waals surface area contributed by atoms with Crippen LogP contribution in [0.2, 0.25) is 0 Å². The topological polar surface area (TPSA) is 95.4 Å². The number of nitrogen functional groups attached to an aromatic ring is 1. The number of para-hydroxylation sites is 1. The average Bonchev–Trinajstić information content (AvgIpc) is 3.22. The Hall–Kier alpha value is -4.33. The molecule has 8 heteroatoms. The Bertz CT molecular complexity index is 1520. The highest BCUT2D eigenvalue weighted by Gasteiger charge is 2.30. The number of rotatable bonds is 7. The van der Waals surface area contributed by atoms with Crippen molar-refractivity contribution in [2.24, 2.45) is 5.92 Å². The number of anilines is 1. The van der Waals surface area contributed by atoms with Crippen molar-refractivity contribution in [3.63, 3.8) is 0 Å². The van der Waals surface area contributed by atoms with Gasteiger partial charge in [-0.25, -0.2) is 9.78 Å². The number of pyridine rings is 1. The Labute approximate surface area is 222 Å². The number of aromatic nitrogens is 3. The van der Waals surface area contributed by atoms with E-state index in [1.165, 1.54) is 0 Å². The maximum atomic E-state index is 14.0. The zero-order chi connectivity index (χ0) is 26.8. The van der Waals surface area contributed by atoms with Gasteiger partial charge in [-0.3, -0.25) is 13.9 Å². The van der Waals surface area contributed by atoms with E-state index >= 15 is 0 Å². The molecule has 1 aliphatic rings. The number of piperidine rings is 1.